The molecule has 4 bridgehead atoms. The summed E-state index contributed by atoms with van der Waals surface area (Å²) in [7, 11) is 0. The predicted octanol–water partition coefficient (Wildman–Crippen LogP) is 6.26. The average molecular weight is 437 g/mol. The molecule has 7 saturated carbocycles. The monoisotopic (exact) mass is 436 g/mol. The van der Waals surface area contributed by atoms with Crippen LogP contribution in [0.25, 0.3) is 0 Å². The first-order valence-electron chi connectivity index (χ1n) is 13.9. The van der Waals surface area contributed by atoms with Gasteiger partial charge in [0, 0.05) is 11.8 Å². The van der Waals surface area contributed by atoms with Gasteiger partial charge in [0.1, 0.15) is 6.10 Å². The Morgan fingerprint density at radius 2 is 1.62 bits per heavy atom. The predicted molar refractivity (Wildman–Crippen MR) is 123 cm³/mol. The van der Waals surface area contributed by atoms with Crippen LogP contribution >= 0.6 is 0 Å². The standard InChI is InChI=1S/C29H40O3/c1-28-9-8-23-22-5-3-21(30)13-20(22)2-4-24(23)25(28)6-7-26(28)32-27(31)29-14-17-10-18(15-29)12-19(11-17)16-29/h13,17-19,22-26H,2-12,14-16H2,1H3/t17?,18?,19?,22-,23+,24+,25-,26-,28-,29?/m0/s1. The lowest BCUT2D eigenvalue weighted by molar-refractivity contribution is -0.185. The van der Waals surface area contributed by atoms with E-state index in [-0.39, 0.29) is 22.9 Å². The van der Waals surface area contributed by atoms with Gasteiger partial charge in [0.15, 0.2) is 5.78 Å². The number of carbonyl (C=O) groups excluding carboxylic acids is 2. The summed E-state index contributed by atoms with van der Waals surface area (Å²) in [4.78, 5) is 25.7. The summed E-state index contributed by atoms with van der Waals surface area (Å²) in [5.74, 6) is 5.83. The average Bonchev–Trinajstić information content (AvgIpc) is 3.08. The fourth-order valence-electron chi connectivity index (χ4n) is 10.9. The van der Waals surface area contributed by atoms with Gasteiger partial charge in [0.25, 0.3) is 0 Å². The minimum Gasteiger partial charge on any atom is -0.461 e. The highest BCUT2D eigenvalue weighted by molar-refractivity contribution is 5.91. The van der Waals surface area contributed by atoms with Crippen molar-refractivity contribution in [2.45, 2.75) is 103 Å². The van der Waals surface area contributed by atoms with Crippen LogP contribution in [0, 0.1) is 52.3 Å². The number of esters is 1. The molecular weight excluding hydrogens is 396 g/mol. The topological polar surface area (TPSA) is 43.4 Å². The summed E-state index contributed by atoms with van der Waals surface area (Å²) < 4.78 is 6.57. The fourth-order valence-corrected chi connectivity index (χ4v) is 10.9. The van der Waals surface area contributed by atoms with Crippen molar-refractivity contribution in [2.75, 3.05) is 0 Å². The van der Waals surface area contributed by atoms with E-state index in [1.165, 1.54) is 50.5 Å². The Kier molecular flexibility index (Phi) is 4.40. The van der Waals surface area contributed by atoms with Crippen LogP contribution in [0.3, 0.4) is 0 Å². The second kappa shape index (κ2) is 6.95. The Morgan fingerprint density at radius 1 is 0.906 bits per heavy atom. The van der Waals surface area contributed by atoms with Crippen molar-refractivity contribution in [3.05, 3.63) is 11.6 Å². The largest absolute Gasteiger partial charge is 0.461 e. The third-order valence-corrected chi connectivity index (χ3v) is 11.9. The van der Waals surface area contributed by atoms with E-state index in [0.29, 0.717) is 17.6 Å². The molecule has 0 aliphatic heterocycles. The Balaban J connectivity index is 1.09. The first-order valence-corrected chi connectivity index (χ1v) is 13.9. The molecule has 0 N–H and O–H groups in total. The number of rotatable bonds is 2. The van der Waals surface area contributed by atoms with Gasteiger partial charge >= 0.3 is 5.97 Å². The maximum Gasteiger partial charge on any atom is 0.312 e. The van der Waals surface area contributed by atoms with E-state index >= 15 is 0 Å². The summed E-state index contributed by atoms with van der Waals surface area (Å²) in [6.07, 6.45) is 18.6. The molecule has 8 rings (SSSR count). The van der Waals surface area contributed by atoms with Crippen molar-refractivity contribution in [1.82, 2.24) is 0 Å². The molecule has 8 aliphatic rings. The SMILES string of the molecule is C[C@]12CC[C@H]3[C@@H](CCC4=CC(=O)CC[C@@H]43)[C@@H]1CC[C@@H]2OC(=O)C12CC3CC(CC(C3)C1)C2. The first-order chi connectivity index (χ1) is 15.4. The fraction of sp³-hybridized carbons (Fsp3) is 0.862. The normalized spacial score (nSPS) is 53.3. The van der Waals surface area contributed by atoms with Crippen molar-refractivity contribution in [3.63, 3.8) is 0 Å². The summed E-state index contributed by atoms with van der Waals surface area (Å²) in [5.41, 5.74) is 1.51. The molecule has 32 heavy (non-hydrogen) atoms. The maximum absolute atomic E-state index is 13.7. The highest BCUT2D eigenvalue weighted by Gasteiger charge is 2.60. The lowest BCUT2D eigenvalue weighted by Gasteiger charge is -2.56. The van der Waals surface area contributed by atoms with Crippen LogP contribution in [-0.2, 0) is 14.3 Å². The zero-order chi connectivity index (χ0) is 21.7. The van der Waals surface area contributed by atoms with E-state index in [4.69, 9.17) is 4.74 Å². The van der Waals surface area contributed by atoms with E-state index in [9.17, 15) is 9.59 Å². The molecule has 0 amide bonds. The van der Waals surface area contributed by atoms with E-state index < -0.39 is 0 Å². The molecule has 0 unspecified atom stereocenters. The van der Waals surface area contributed by atoms with Crippen molar-refractivity contribution in [1.29, 1.82) is 0 Å². The van der Waals surface area contributed by atoms with Crippen molar-refractivity contribution >= 4 is 11.8 Å². The van der Waals surface area contributed by atoms with Gasteiger partial charge in [0.2, 0.25) is 0 Å². The van der Waals surface area contributed by atoms with Crippen LogP contribution in [0.4, 0.5) is 0 Å². The summed E-state index contributed by atoms with van der Waals surface area (Å²) in [5, 5.41) is 0. The zero-order valence-electron chi connectivity index (χ0n) is 19.8. The molecule has 0 aromatic carbocycles. The molecule has 0 spiro atoms. The van der Waals surface area contributed by atoms with Gasteiger partial charge in [-0.25, -0.2) is 0 Å². The van der Waals surface area contributed by atoms with Crippen molar-refractivity contribution in [2.24, 2.45) is 52.3 Å². The van der Waals surface area contributed by atoms with Gasteiger partial charge in [-0.05, 0) is 131 Å². The van der Waals surface area contributed by atoms with E-state index in [1.54, 1.807) is 0 Å². The number of carbonyl (C=O) groups is 2. The van der Waals surface area contributed by atoms with Crippen LogP contribution in [0.1, 0.15) is 96.8 Å². The third-order valence-electron chi connectivity index (χ3n) is 11.9. The minimum atomic E-state index is -0.125. The first kappa shape index (κ1) is 20.3. The number of hydrogen-bond donors (Lipinski definition) is 0. The van der Waals surface area contributed by atoms with Crippen LogP contribution in [0.5, 0.6) is 0 Å². The molecule has 3 nitrogen and oxygen atoms in total. The smallest absolute Gasteiger partial charge is 0.312 e. The van der Waals surface area contributed by atoms with Crippen LogP contribution in [0.2, 0.25) is 0 Å². The molecule has 0 aromatic rings. The Labute approximate surface area is 193 Å². The van der Waals surface area contributed by atoms with Crippen molar-refractivity contribution in [3.8, 4) is 0 Å². The molecule has 7 fully saturated rings. The number of fused-ring (bicyclic) bond motifs is 5. The van der Waals surface area contributed by atoms with E-state index in [1.807, 2.05) is 6.08 Å². The number of hydrogen-bond acceptors (Lipinski definition) is 3. The van der Waals surface area contributed by atoms with Crippen LogP contribution in [-0.4, -0.2) is 17.9 Å². The molecule has 8 aliphatic carbocycles. The number of ether oxygens (including phenoxy) is 1. The van der Waals surface area contributed by atoms with Crippen LogP contribution < -0.4 is 0 Å². The molecule has 6 atom stereocenters. The second-order valence-corrected chi connectivity index (χ2v) is 13.5. The third kappa shape index (κ3) is 2.84. The molecule has 0 radical (unpaired) electrons. The van der Waals surface area contributed by atoms with Gasteiger partial charge in [0.05, 0.1) is 5.41 Å². The lowest BCUT2D eigenvalue weighted by atomic mass is 9.49. The van der Waals surface area contributed by atoms with Gasteiger partial charge in [-0.15, -0.1) is 0 Å². The van der Waals surface area contributed by atoms with Crippen LogP contribution in [0.15, 0.2) is 11.6 Å². The quantitative estimate of drug-likeness (QED) is 0.480. The van der Waals surface area contributed by atoms with Gasteiger partial charge < -0.3 is 4.74 Å². The molecule has 0 aromatic heterocycles. The molecule has 3 heteroatoms. The molecule has 174 valence electrons. The summed E-state index contributed by atoms with van der Waals surface area (Å²) >= 11 is 0. The summed E-state index contributed by atoms with van der Waals surface area (Å²) in [6.45, 7) is 2.47. The van der Waals surface area contributed by atoms with Crippen molar-refractivity contribution < 1.29 is 14.3 Å². The lowest BCUT2D eigenvalue weighted by Crippen LogP contribution is -2.53. The van der Waals surface area contributed by atoms with Gasteiger partial charge in [-0.1, -0.05) is 12.5 Å². The molecule has 0 heterocycles. The zero-order valence-corrected chi connectivity index (χ0v) is 19.8. The highest BCUT2D eigenvalue weighted by atomic mass is 16.5. The van der Waals surface area contributed by atoms with Gasteiger partial charge in [-0.3, -0.25) is 9.59 Å². The molecular formula is C29H40O3. The van der Waals surface area contributed by atoms with E-state index in [0.717, 1.165) is 74.5 Å². The second-order valence-electron chi connectivity index (χ2n) is 13.5. The highest BCUT2D eigenvalue weighted by Crippen LogP contribution is 2.64. The summed E-state index contributed by atoms with van der Waals surface area (Å²) in [6, 6.07) is 0. The van der Waals surface area contributed by atoms with Gasteiger partial charge in [-0.2, -0.15) is 0 Å². The Morgan fingerprint density at radius 3 is 2.34 bits per heavy atom. The Hall–Kier alpha value is -1.12. The molecule has 0 saturated heterocycles. The van der Waals surface area contributed by atoms with E-state index in [2.05, 4.69) is 6.92 Å². The Bertz CT molecular complexity index is 834. The number of ketones is 1. The number of allylic oxidation sites excluding steroid dienone is 1. The maximum atomic E-state index is 13.7. The minimum absolute atomic E-state index is 0.125.